The highest BCUT2D eigenvalue weighted by Gasteiger charge is 2.03. The Labute approximate surface area is 90.3 Å². The van der Waals surface area contributed by atoms with E-state index in [1.54, 1.807) is 0 Å². The van der Waals surface area contributed by atoms with Gasteiger partial charge in [0.1, 0.15) is 5.82 Å². The number of nitrogens with one attached hydrogen (secondary N) is 1. The highest BCUT2D eigenvalue weighted by Crippen LogP contribution is 2.01. The van der Waals surface area contributed by atoms with Gasteiger partial charge in [0.15, 0.2) is 0 Å². The Kier molecular flexibility index (Phi) is 5.04. The zero-order valence-electron chi connectivity index (χ0n) is 9.16. The maximum atomic E-state index is 4.26. The van der Waals surface area contributed by atoms with Crippen molar-refractivity contribution in [3.8, 4) is 0 Å². The second-order valence-corrected chi connectivity index (χ2v) is 4.50. The molecule has 80 valence electrons. The molecule has 0 spiro atoms. The quantitative estimate of drug-likeness (QED) is 0.779. The summed E-state index contributed by atoms with van der Waals surface area (Å²) in [6.45, 7) is 3.08. The lowest BCUT2D eigenvalue weighted by atomic mass is 10.2. The van der Waals surface area contributed by atoms with E-state index in [0.29, 0.717) is 6.04 Å². The molecule has 0 aliphatic rings. The van der Waals surface area contributed by atoms with E-state index in [2.05, 4.69) is 23.5 Å². The van der Waals surface area contributed by atoms with Gasteiger partial charge in [-0.15, -0.1) is 0 Å². The minimum Gasteiger partial charge on any atom is -0.337 e. The van der Waals surface area contributed by atoms with Crippen molar-refractivity contribution in [1.29, 1.82) is 0 Å². The van der Waals surface area contributed by atoms with Crippen LogP contribution in [-0.4, -0.2) is 27.6 Å². The molecular formula is C10H19N3S. The third kappa shape index (κ3) is 3.72. The average Bonchev–Trinajstić information content (AvgIpc) is 2.58. The summed E-state index contributed by atoms with van der Waals surface area (Å²) in [5.41, 5.74) is 0. The molecule has 0 saturated heterocycles. The van der Waals surface area contributed by atoms with Gasteiger partial charge in [0.2, 0.25) is 0 Å². The minimum atomic E-state index is 0.569. The molecule has 0 aliphatic heterocycles. The summed E-state index contributed by atoms with van der Waals surface area (Å²) in [5.74, 6) is 2.32. The van der Waals surface area contributed by atoms with E-state index in [4.69, 9.17) is 0 Å². The Hall–Kier alpha value is -0.480. The summed E-state index contributed by atoms with van der Waals surface area (Å²) >= 11 is 1.90. The number of hydrogen-bond acceptors (Lipinski definition) is 3. The summed E-state index contributed by atoms with van der Waals surface area (Å²) in [6, 6.07) is 0.569. The lowest BCUT2D eigenvalue weighted by Gasteiger charge is -2.12. The maximum absolute atomic E-state index is 4.26. The molecular weight excluding hydrogens is 194 g/mol. The number of aromatic nitrogens is 2. The smallest absolute Gasteiger partial charge is 0.122 e. The van der Waals surface area contributed by atoms with Crippen molar-refractivity contribution in [2.75, 3.05) is 12.0 Å². The molecule has 1 atom stereocenters. The number of thioether (sulfide) groups is 1. The van der Waals surface area contributed by atoms with Crippen LogP contribution in [0.3, 0.4) is 0 Å². The van der Waals surface area contributed by atoms with E-state index in [9.17, 15) is 0 Å². The van der Waals surface area contributed by atoms with E-state index in [-0.39, 0.29) is 0 Å². The predicted molar refractivity (Wildman–Crippen MR) is 62.5 cm³/mol. The predicted octanol–water partition coefficient (Wildman–Crippen LogP) is 1.65. The van der Waals surface area contributed by atoms with Crippen LogP contribution in [0.15, 0.2) is 12.4 Å². The molecule has 0 amide bonds. The zero-order chi connectivity index (χ0) is 10.4. The molecule has 0 aromatic carbocycles. The first-order valence-corrected chi connectivity index (χ1v) is 6.32. The van der Waals surface area contributed by atoms with Crippen molar-refractivity contribution < 1.29 is 0 Å². The van der Waals surface area contributed by atoms with E-state index in [0.717, 1.165) is 12.4 Å². The number of nitrogens with zero attached hydrogens (tertiary/aromatic N) is 2. The maximum Gasteiger partial charge on any atom is 0.122 e. The second kappa shape index (κ2) is 6.09. The molecule has 1 heterocycles. The van der Waals surface area contributed by atoms with Gasteiger partial charge in [0.05, 0.1) is 6.54 Å². The fourth-order valence-corrected chi connectivity index (χ4v) is 1.82. The molecule has 4 heteroatoms. The largest absolute Gasteiger partial charge is 0.337 e. The van der Waals surface area contributed by atoms with Crippen molar-refractivity contribution in [1.82, 2.24) is 14.9 Å². The Balaban J connectivity index is 2.23. The molecule has 1 aromatic rings. The number of aryl methyl sites for hydroxylation is 1. The third-order valence-corrected chi connectivity index (χ3v) is 2.93. The summed E-state index contributed by atoms with van der Waals surface area (Å²) < 4.78 is 2.05. The molecule has 0 fully saturated rings. The van der Waals surface area contributed by atoms with E-state index in [1.165, 1.54) is 12.2 Å². The van der Waals surface area contributed by atoms with Crippen molar-refractivity contribution in [2.45, 2.75) is 25.9 Å². The molecule has 1 unspecified atom stereocenters. The molecule has 0 radical (unpaired) electrons. The molecule has 14 heavy (non-hydrogen) atoms. The fraction of sp³-hybridized carbons (Fsp3) is 0.700. The van der Waals surface area contributed by atoms with Crippen LogP contribution in [0.2, 0.25) is 0 Å². The van der Waals surface area contributed by atoms with Crippen LogP contribution in [0.4, 0.5) is 0 Å². The van der Waals surface area contributed by atoms with Gasteiger partial charge in [0, 0.05) is 25.5 Å². The van der Waals surface area contributed by atoms with E-state index < -0.39 is 0 Å². The van der Waals surface area contributed by atoms with Crippen LogP contribution < -0.4 is 5.32 Å². The highest BCUT2D eigenvalue weighted by molar-refractivity contribution is 7.98. The fourth-order valence-electron chi connectivity index (χ4n) is 1.23. The van der Waals surface area contributed by atoms with Gasteiger partial charge in [-0.1, -0.05) is 0 Å². The van der Waals surface area contributed by atoms with Crippen molar-refractivity contribution in [2.24, 2.45) is 7.05 Å². The van der Waals surface area contributed by atoms with Crippen LogP contribution in [-0.2, 0) is 13.6 Å². The second-order valence-electron chi connectivity index (χ2n) is 3.52. The number of imidazole rings is 1. The highest BCUT2D eigenvalue weighted by atomic mass is 32.2. The summed E-state index contributed by atoms with van der Waals surface area (Å²) in [6.07, 6.45) is 7.17. The lowest BCUT2D eigenvalue weighted by Crippen LogP contribution is -2.27. The topological polar surface area (TPSA) is 29.9 Å². The Morgan fingerprint density at radius 2 is 2.43 bits per heavy atom. The Bertz CT molecular complexity index is 260. The zero-order valence-corrected chi connectivity index (χ0v) is 9.97. The molecule has 1 rings (SSSR count). The van der Waals surface area contributed by atoms with E-state index in [1.807, 2.05) is 35.8 Å². The van der Waals surface area contributed by atoms with Gasteiger partial charge in [-0.3, -0.25) is 0 Å². The van der Waals surface area contributed by atoms with Crippen LogP contribution >= 0.6 is 11.8 Å². The van der Waals surface area contributed by atoms with Gasteiger partial charge in [-0.2, -0.15) is 11.8 Å². The molecule has 1 aromatic heterocycles. The molecule has 0 saturated carbocycles. The average molecular weight is 213 g/mol. The normalized spacial score (nSPS) is 13.1. The monoisotopic (exact) mass is 213 g/mol. The van der Waals surface area contributed by atoms with Crippen LogP contribution in [0, 0.1) is 0 Å². The molecule has 0 aliphatic carbocycles. The first kappa shape index (κ1) is 11.6. The summed E-state index contributed by atoms with van der Waals surface area (Å²) in [4.78, 5) is 4.26. The Morgan fingerprint density at radius 3 is 3.00 bits per heavy atom. The molecule has 1 N–H and O–H groups in total. The van der Waals surface area contributed by atoms with Crippen LogP contribution in [0.1, 0.15) is 19.2 Å². The van der Waals surface area contributed by atoms with Gasteiger partial charge in [-0.05, 0) is 25.4 Å². The minimum absolute atomic E-state index is 0.569. The van der Waals surface area contributed by atoms with Crippen molar-refractivity contribution in [3.05, 3.63) is 18.2 Å². The molecule has 0 bridgehead atoms. The first-order chi connectivity index (χ1) is 6.74. The lowest BCUT2D eigenvalue weighted by molar-refractivity contribution is 0.519. The van der Waals surface area contributed by atoms with Crippen LogP contribution in [0.5, 0.6) is 0 Å². The Morgan fingerprint density at radius 1 is 1.64 bits per heavy atom. The summed E-state index contributed by atoms with van der Waals surface area (Å²) in [5, 5.41) is 3.46. The summed E-state index contributed by atoms with van der Waals surface area (Å²) in [7, 11) is 2.02. The van der Waals surface area contributed by atoms with Crippen molar-refractivity contribution in [3.63, 3.8) is 0 Å². The van der Waals surface area contributed by atoms with E-state index >= 15 is 0 Å². The number of hydrogen-bond donors (Lipinski definition) is 1. The standard InChI is InChI=1S/C10H19N3S/c1-9(4-7-14-3)12-8-10-11-5-6-13(10)2/h5-6,9,12H,4,7-8H2,1-3H3. The van der Waals surface area contributed by atoms with Crippen LogP contribution in [0.25, 0.3) is 0 Å². The van der Waals surface area contributed by atoms with Gasteiger partial charge >= 0.3 is 0 Å². The first-order valence-electron chi connectivity index (χ1n) is 4.92. The third-order valence-electron chi connectivity index (χ3n) is 2.28. The van der Waals surface area contributed by atoms with Gasteiger partial charge in [0.25, 0.3) is 0 Å². The van der Waals surface area contributed by atoms with Gasteiger partial charge < -0.3 is 9.88 Å². The molecule has 3 nitrogen and oxygen atoms in total. The van der Waals surface area contributed by atoms with Gasteiger partial charge in [-0.25, -0.2) is 4.98 Å². The van der Waals surface area contributed by atoms with Crippen molar-refractivity contribution >= 4 is 11.8 Å². The number of rotatable bonds is 6. The SMILES string of the molecule is CSCCC(C)NCc1nccn1C.